The van der Waals surface area contributed by atoms with Gasteiger partial charge in [0.1, 0.15) is 17.2 Å². The standard InChI is InChI=1S/C26H32N6O2.C7H9BO3.C7H7IO.CH4/c1-5-21(15-33)29-26-30-24(23-25(31-26)32(16-28-23)17(2)3)27-14-18-6-8-19(9-7-18)20-10-12-22(34-4)13-11-20;1-11-7-4-2-6(3-5-7)8(9)10;1-9-7-4-2-6(8)3-5-7;/h6-13,16-17,21,33H,5,14-15H2,1-4H3,(H2,27,29,30,31);2-5,9-10H,1H3;2-5H,1H3;1H4/t21-;;;/m1.../s1. The lowest BCUT2D eigenvalue weighted by atomic mass is 9.80. The highest BCUT2D eigenvalue weighted by Crippen LogP contribution is 2.26. The molecule has 2 heterocycles. The highest BCUT2D eigenvalue weighted by Gasteiger charge is 2.16. The van der Waals surface area contributed by atoms with Crippen LogP contribution < -0.4 is 30.3 Å². The number of imidazole rings is 1. The minimum absolute atomic E-state index is 0. The molecule has 0 aliphatic carbocycles. The van der Waals surface area contributed by atoms with Crippen LogP contribution in [0.3, 0.4) is 0 Å². The lowest BCUT2D eigenvalue weighted by Gasteiger charge is -2.16. The lowest BCUT2D eigenvalue weighted by Crippen LogP contribution is -2.29. The first kappa shape index (κ1) is 44.5. The number of anilines is 2. The average Bonchev–Trinajstić information content (AvgIpc) is 3.65. The second-order valence-electron chi connectivity index (χ2n) is 12.3. The quantitative estimate of drug-likeness (QED) is 0.0592. The number of aliphatic hydroxyl groups is 1. The maximum atomic E-state index is 9.60. The van der Waals surface area contributed by atoms with E-state index in [1.807, 2.05) is 47.9 Å². The summed E-state index contributed by atoms with van der Waals surface area (Å²) in [6.45, 7) is 6.82. The van der Waals surface area contributed by atoms with Crippen molar-refractivity contribution in [2.75, 3.05) is 38.6 Å². The van der Waals surface area contributed by atoms with Crippen LogP contribution in [0.15, 0.2) is 103 Å². The third-order valence-corrected chi connectivity index (χ3v) is 9.04. The zero-order chi connectivity index (χ0) is 39.0. The Balaban J connectivity index is 0.000000315. The smallest absolute Gasteiger partial charge is 0.488 e. The molecule has 0 aliphatic rings. The Morgan fingerprint density at radius 1 is 0.764 bits per heavy atom. The molecule has 55 heavy (non-hydrogen) atoms. The number of benzene rings is 4. The van der Waals surface area contributed by atoms with Crippen molar-refractivity contribution in [1.29, 1.82) is 0 Å². The van der Waals surface area contributed by atoms with Gasteiger partial charge in [0.2, 0.25) is 5.95 Å². The normalized spacial score (nSPS) is 10.9. The molecule has 6 rings (SSSR count). The molecule has 6 aromatic rings. The molecule has 0 aliphatic heterocycles. The van der Waals surface area contributed by atoms with Crippen molar-refractivity contribution in [2.24, 2.45) is 0 Å². The summed E-state index contributed by atoms with van der Waals surface area (Å²) < 4.78 is 18.3. The number of fused-ring (bicyclic) bond motifs is 1. The predicted molar refractivity (Wildman–Crippen MR) is 232 cm³/mol. The molecule has 14 heteroatoms. The molecule has 5 N–H and O–H groups in total. The summed E-state index contributed by atoms with van der Waals surface area (Å²) in [6, 6.07) is 31.1. The van der Waals surface area contributed by atoms with Crippen LogP contribution in [0.25, 0.3) is 22.3 Å². The Bertz CT molecular complexity index is 1990. The zero-order valence-corrected chi connectivity index (χ0v) is 33.6. The number of aliphatic hydroxyl groups excluding tert-OH is 1. The first-order chi connectivity index (χ1) is 26.1. The number of aromatic nitrogens is 4. The van der Waals surface area contributed by atoms with E-state index in [9.17, 15) is 5.11 Å². The number of rotatable bonds is 13. The van der Waals surface area contributed by atoms with Gasteiger partial charge in [-0.15, -0.1) is 0 Å². The fourth-order valence-electron chi connectivity index (χ4n) is 5.07. The lowest BCUT2D eigenvalue weighted by molar-refractivity contribution is 0.271. The summed E-state index contributed by atoms with van der Waals surface area (Å²) in [4.78, 5) is 13.9. The fourth-order valence-corrected chi connectivity index (χ4v) is 5.43. The zero-order valence-electron chi connectivity index (χ0n) is 31.4. The summed E-state index contributed by atoms with van der Waals surface area (Å²) >= 11 is 2.26. The number of methoxy groups -OCH3 is 3. The van der Waals surface area contributed by atoms with Gasteiger partial charge < -0.3 is 44.6 Å². The van der Waals surface area contributed by atoms with Gasteiger partial charge in [0.25, 0.3) is 0 Å². The Labute approximate surface area is 338 Å². The van der Waals surface area contributed by atoms with Crippen LogP contribution in [0.5, 0.6) is 17.2 Å². The van der Waals surface area contributed by atoms with Gasteiger partial charge in [0.05, 0.1) is 40.3 Å². The van der Waals surface area contributed by atoms with Crippen LogP contribution in [0.1, 0.15) is 46.2 Å². The van der Waals surface area contributed by atoms with Crippen LogP contribution >= 0.6 is 22.6 Å². The van der Waals surface area contributed by atoms with Crippen molar-refractivity contribution in [2.45, 2.75) is 53.2 Å². The van der Waals surface area contributed by atoms with Crippen LogP contribution in [0.4, 0.5) is 11.8 Å². The highest BCUT2D eigenvalue weighted by molar-refractivity contribution is 14.1. The first-order valence-electron chi connectivity index (χ1n) is 17.5. The molecule has 1 atom stereocenters. The van der Waals surface area contributed by atoms with Crippen LogP contribution in [-0.4, -0.2) is 75.8 Å². The third-order valence-electron chi connectivity index (χ3n) is 8.32. The molecule has 2 aromatic heterocycles. The molecule has 0 bridgehead atoms. The van der Waals surface area contributed by atoms with Gasteiger partial charge in [-0.3, -0.25) is 0 Å². The van der Waals surface area contributed by atoms with Crippen LogP contribution in [0.2, 0.25) is 0 Å². The van der Waals surface area contributed by atoms with E-state index in [1.165, 1.54) is 3.57 Å². The van der Waals surface area contributed by atoms with Gasteiger partial charge in [-0.1, -0.05) is 62.9 Å². The van der Waals surface area contributed by atoms with E-state index in [2.05, 4.69) is 98.4 Å². The van der Waals surface area contributed by atoms with Gasteiger partial charge >= 0.3 is 7.12 Å². The van der Waals surface area contributed by atoms with Crippen LogP contribution in [-0.2, 0) is 6.54 Å². The Hall–Kier alpha value is -4.90. The SMILES string of the molecule is C.CC[C@H](CO)Nc1nc(NCc2ccc(-c3ccc(OC)cc3)cc2)c2ncn(C(C)C)c2n1.COc1ccc(B(O)O)cc1.COc1ccc(I)cc1. The maximum absolute atomic E-state index is 9.60. The third kappa shape index (κ3) is 13.1. The molecule has 0 spiro atoms. The topological polar surface area (TPSA) is 156 Å². The summed E-state index contributed by atoms with van der Waals surface area (Å²) in [6.07, 6.45) is 2.57. The summed E-state index contributed by atoms with van der Waals surface area (Å²) in [5, 5.41) is 33.7. The summed E-state index contributed by atoms with van der Waals surface area (Å²) in [5.74, 6) is 3.61. The molecule has 292 valence electrons. The van der Waals surface area contributed by atoms with E-state index in [0.29, 0.717) is 29.5 Å². The molecular weight excluding hydrogens is 810 g/mol. The fraction of sp³-hybridized carbons (Fsp3) is 0.293. The van der Waals surface area contributed by atoms with Gasteiger partial charge in [-0.05, 0) is 114 Å². The molecule has 0 saturated carbocycles. The van der Waals surface area contributed by atoms with E-state index < -0.39 is 7.12 Å². The number of halogens is 1. The van der Waals surface area contributed by atoms with Gasteiger partial charge in [0, 0.05) is 16.2 Å². The van der Waals surface area contributed by atoms with Gasteiger partial charge in [-0.2, -0.15) is 9.97 Å². The van der Waals surface area contributed by atoms with E-state index in [1.54, 1.807) is 51.9 Å². The number of hydrogen-bond acceptors (Lipinski definition) is 11. The van der Waals surface area contributed by atoms with Crippen molar-refractivity contribution in [3.63, 3.8) is 0 Å². The number of nitrogens with one attached hydrogen (secondary N) is 2. The van der Waals surface area contributed by atoms with Gasteiger partial charge in [0.15, 0.2) is 17.0 Å². The van der Waals surface area contributed by atoms with Crippen molar-refractivity contribution >= 4 is 58.1 Å². The predicted octanol–water partition coefficient (Wildman–Crippen LogP) is 7.19. The second-order valence-corrected chi connectivity index (χ2v) is 13.6. The first-order valence-corrected chi connectivity index (χ1v) is 18.6. The van der Waals surface area contributed by atoms with E-state index >= 15 is 0 Å². The molecule has 0 fully saturated rings. The van der Waals surface area contributed by atoms with Crippen molar-refractivity contribution in [3.05, 3.63) is 113 Å². The van der Waals surface area contributed by atoms with E-state index in [4.69, 9.17) is 24.3 Å². The Morgan fingerprint density at radius 2 is 1.27 bits per heavy atom. The molecule has 4 aromatic carbocycles. The highest BCUT2D eigenvalue weighted by atomic mass is 127. The summed E-state index contributed by atoms with van der Waals surface area (Å²) in [7, 11) is 3.50. The molecular formula is C41H52BIN6O6. The monoisotopic (exact) mass is 862 g/mol. The molecule has 0 amide bonds. The minimum atomic E-state index is -1.40. The van der Waals surface area contributed by atoms with Crippen molar-refractivity contribution in [3.8, 4) is 28.4 Å². The van der Waals surface area contributed by atoms with E-state index in [-0.39, 0.29) is 26.1 Å². The van der Waals surface area contributed by atoms with Crippen molar-refractivity contribution in [1.82, 2.24) is 19.5 Å². The second kappa shape index (κ2) is 22.5. The average molecular weight is 863 g/mol. The van der Waals surface area contributed by atoms with E-state index in [0.717, 1.165) is 45.8 Å². The Kier molecular flexibility index (Phi) is 18.2. The molecule has 12 nitrogen and oxygen atoms in total. The number of ether oxygens (including phenoxy) is 3. The Morgan fingerprint density at radius 3 is 1.75 bits per heavy atom. The number of hydrogen-bond donors (Lipinski definition) is 5. The largest absolute Gasteiger partial charge is 0.497 e. The minimum Gasteiger partial charge on any atom is -0.497 e. The molecule has 0 saturated heterocycles. The van der Waals surface area contributed by atoms with Crippen molar-refractivity contribution < 1.29 is 29.4 Å². The molecule has 0 radical (unpaired) electrons. The maximum Gasteiger partial charge on any atom is 0.488 e. The molecule has 0 unspecified atom stereocenters. The number of nitrogens with zero attached hydrogens (tertiary/aromatic N) is 4. The van der Waals surface area contributed by atoms with Gasteiger partial charge in [-0.25, -0.2) is 4.98 Å². The van der Waals surface area contributed by atoms with Crippen LogP contribution in [0, 0.1) is 3.57 Å². The summed E-state index contributed by atoms with van der Waals surface area (Å²) in [5.41, 5.74) is 5.37.